The third kappa shape index (κ3) is 5.03. The Labute approximate surface area is 241 Å². The molecule has 212 valence electrons. The van der Waals surface area contributed by atoms with Crippen LogP contribution in [0.3, 0.4) is 0 Å². The maximum atomic E-state index is 14.6. The summed E-state index contributed by atoms with van der Waals surface area (Å²) in [5.41, 5.74) is 3.08. The lowest BCUT2D eigenvalue weighted by atomic mass is 9.88. The molecule has 1 aromatic heterocycles. The van der Waals surface area contributed by atoms with Crippen LogP contribution in [0.2, 0.25) is 5.02 Å². The van der Waals surface area contributed by atoms with Gasteiger partial charge in [0.25, 0.3) is 6.29 Å². The fourth-order valence-corrected chi connectivity index (χ4v) is 6.16. The molecule has 0 unspecified atom stereocenters. The fraction of sp³-hybridized carbons (Fsp3) is 0.355. The molecule has 8 nitrogen and oxygen atoms in total. The molecule has 2 saturated heterocycles. The monoisotopic (exact) mass is 576 g/mol. The SMILES string of the molecule is O=C([O-])c1ccc2nc(CN3CCC(c4cccc5c4O[C@H](c4ccc(Cl)cc4F)O5)CC3)n(C[C@@H]3CCO3)c2c1. The average molecular weight is 577 g/mol. The van der Waals surface area contributed by atoms with Gasteiger partial charge in [0.2, 0.25) is 0 Å². The van der Waals surface area contributed by atoms with Gasteiger partial charge in [0.05, 0.1) is 41.8 Å². The molecule has 3 aliphatic heterocycles. The van der Waals surface area contributed by atoms with E-state index in [-0.39, 0.29) is 17.6 Å². The molecule has 0 amide bonds. The van der Waals surface area contributed by atoms with Gasteiger partial charge >= 0.3 is 0 Å². The maximum absolute atomic E-state index is 14.6. The van der Waals surface area contributed by atoms with Crippen LogP contribution in [0.15, 0.2) is 54.6 Å². The summed E-state index contributed by atoms with van der Waals surface area (Å²) in [7, 11) is 0. The van der Waals surface area contributed by atoms with E-state index in [1.807, 2.05) is 12.1 Å². The maximum Gasteiger partial charge on any atom is 0.270 e. The zero-order chi connectivity index (χ0) is 28.1. The second kappa shape index (κ2) is 10.6. The predicted octanol–water partition coefficient (Wildman–Crippen LogP) is 4.83. The first-order valence-electron chi connectivity index (χ1n) is 13.9. The van der Waals surface area contributed by atoms with Gasteiger partial charge in [0.1, 0.15) is 11.6 Å². The summed E-state index contributed by atoms with van der Waals surface area (Å²) in [6, 6.07) is 15.3. The molecule has 0 saturated carbocycles. The molecule has 4 aromatic rings. The van der Waals surface area contributed by atoms with Gasteiger partial charge in [-0.25, -0.2) is 9.37 Å². The van der Waals surface area contributed by atoms with E-state index in [9.17, 15) is 14.3 Å². The smallest absolute Gasteiger partial charge is 0.270 e. The van der Waals surface area contributed by atoms with Gasteiger partial charge in [0.15, 0.2) is 11.5 Å². The third-order valence-electron chi connectivity index (χ3n) is 8.32. The van der Waals surface area contributed by atoms with Crippen LogP contribution in [0.5, 0.6) is 11.5 Å². The van der Waals surface area contributed by atoms with Crippen molar-refractivity contribution in [2.45, 2.75) is 50.7 Å². The summed E-state index contributed by atoms with van der Waals surface area (Å²) in [6.07, 6.45) is 2.06. The van der Waals surface area contributed by atoms with Crippen molar-refractivity contribution < 1.29 is 28.5 Å². The second-order valence-electron chi connectivity index (χ2n) is 10.9. The van der Waals surface area contributed by atoms with Crippen LogP contribution in [0.4, 0.5) is 4.39 Å². The van der Waals surface area contributed by atoms with E-state index < -0.39 is 18.1 Å². The summed E-state index contributed by atoms with van der Waals surface area (Å²) < 4.78 is 34.5. The highest BCUT2D eigenvalue weighted by molar-refractivity contribution is 6.30. The van der Waals surface area contributed by atoms with E-state index in [1.165, 1.54) is 6.07 Å². The Kier molecular flexibility index (Phi) is 6.81. The lowest BCUT2D eigenvalue weighted by molar-refractivity contribution is -0.255. The van der Waals surface area contributed by atoms with E-state index in [1.54, 1.807) is 30.3 Å². The van der Waals surface area contributed by atoms with Crippen molar-refractivity contribution in [2.24, 2.45) is 0 Å². The molecule has 10 heteroatoms. The number of nitrogens with zero attached hydrogens (tertiary/aromatic N) is 3. The molecular formula is C31H28ClFN3O5-. The Bertz CT molecular complexity index is 1630. The molecule has 2 fully saturated rings. The van der Waals surface area contributed by atoms with Crippen LogP contribution in [0.1, 0.15) is 58.8 Å². The first-order chi connectivity index (χ1) is 19.9. The highest BCUT2D eigenvalue weighted by Gasteiger charge is 2.33. The van der Waals surface area contributed by atoms with Gasteiger partial charge in [-0.15, -0.1) is 0 Å². The number of hydrogen-bond donors (Lipinski definition) is 0. The molecule has 0 spiro atoms. The Morgan fingerprint density at radius 2 is 1.88 bits per heavy atom. The quantitative estimate of drug-likeness (QED) is 0.311. The summed E-state index contributed by atoms with van der Waals surface area (Å²) in [6.45, 7) is 3.76. The molecule has 7 rings (SSSR count). The number of carboxylic acids is 1. The van der Waals surface area contributed by atoms with Crippen molar-refractivity contribution in [2.75, 3.05) is 19.7 Å². The molecule has 4 heterocycles. The first-order valence-corrected chi connectivity index (χ1v) is 14.3. The number of imidazole rings is 1. The number of ether oxygens (including phenoxy) is 3. The number of para-hydroxylation sites is 1. The largest absolute Gasteiger partial charge is 0.545 e. The van der Waals surface area contributed by atoms with Gasteiger partial charge in [0, 0.05) is 17.2 Å². The minimum atomic E-state index is -1.20. The lowest BCUT2D eigenvalue weighted by Crippen LogP contribution is -2.35. The van der Waals surface area contributed by atoms with E-state index in [0.717, 1.165) is 61.4 Å². The Balaban J connectivity index is 1.06. The van der Waals surface area contributed by atoms with Crippen LogP contribution < -0.4 is 14.6 Å². The number of piperidine rings is 1. The van der Waals surface area contributed by atoms with Crippen molar-refractivity contribution in [3.63, 3.8) is 0 Å². The normalized spacial score (nSPS) is 20.8. The summed E-state index contributed by atoms with van der Waals surface area (Å²) in [5, 5.41) is 11.8. The number of halogens is 2. The predicted molar refractivity (Wildman–Crippen MR) is 148 cm³/mol. The van der Waals surface area contributed by atoms with Gasteiger partial charge in [-0.3, -0.25) is 4.90 Å². The number of hydrogen-bond acceptors (Lipinski definition) is 7. The van der Waals surface area contributed by atoms with Crippen molar-refractivity contribution in [3.05, 3.63) is 88.0 Å². The number of aromatic carboxylic acids is 1. The Morgan fingerprint density at radius 1 is 1.05 bits per heavy atom. The van der Waals surface area contributed by atoms with E-state index in [4.69, 9.17) is 30.8 Å². The van der Waals surface area contributed by atoms with Crippen molar-refractivity contribution in [1.82, 2.24) is 14.5 Å². The lowest BCUT2D eigenvalue weighted by Gasteiger charge is -2.33. The first kappa shape index (κ1) is 26.3. The van der Waals surface area contributed by atoms with Crippen LogP contribution in [0.25, 0.3) is 11.0 Å². The molecule has 0 N–H and O–H groups in total. The number of likely N-dealkylation sites (tertiary alicyclic amines) is 1. The minimum Gasteiger partial charge on any atom is -0.545 e. The zero-order valence-corrected chi connectivity index (χ0v) is 23.0. The molecule has 41 heavy (non-hydrogen) atoms. The molecule has 3 aromatic carbocycles. The number of aromatic nitrogens is 2. The Morgan fingerprint density at radius 3 is 2.61 bits per heavy atom. The number of rotatable bonds is 7. The molecule has 2 atom stereocenters. The standard InChI is InChI=1S/C31H29ClFN3O5/c32-20-5-6-23(24(33)15-20)31-40-27-3-1-2-22(29(27)41-31)18-8-11-35(12-9-18)17-28-34-25-7-4-19(30(37)38)14-26(25)36(28)16-21-10-13-39-21/h1-7,14-15,18,21,31H,8-13,16-17H2,(H,37,38)/p-1/t21-,31+/m0/s1. The molecule has 3 aliphatic rings. The second-order valence-corrected chi connectivity index (χ2v) is 11.3. The number of carboxylic acid groups (broad SMARTS) is 1. The zero-order valence-electron chi connectivity index (χ0n) is 22.2. The van der Waals surface area contributed by atoms with Gasteiger partial charge < -0.3 is 28.7 Å². The van der Waals surface area contributed by atoms with Crippen LogP contribution in [-0.4, -0.2) is 46.2 Å². The van der Waals surface area contributed by atoms with Crippen LogP contribution in [0, 0.1) is 5.82 Å². The summed E-state index contributed by atoms with van der Waals surface area (Å²) in [4.78, 5) is 18.7. The molecule has 0 aliphatic carbocycles. The van der Waals surface area contributed by atoms with Crippen molar-refractivity contribution in [3.8, 4) is 11.5 Å². The van der Waals surface area contributed by atoms with Gasteiger partial charge in [-0.2, -0.15) is 0 Å². The average Bonchev–Trinajstić information content (AvgIpc) is 3.51. The number of benzene rings is 3. The number of carbonyl (C=O) groups excluding carboxylic acids is 1. The van der Waals surface area contributed by atoms with Crippen molar-refractivity contribution >= 4 is 28.6 Å². The highest BCUT2D eigenvalue weighted by Crippen LogP contribution is 2.47. The van der Waals surface area contributed by atoms with Gasteiger partial charge in [-0.05, 0) is 80.2 Å². The van der Waals surface area contributed by atoms with E-state index in [0.29, 0.717) is 35.2 Å². The highest BCUT2D eigenvalue weighted by atomic mass is 35.5. The molecule has 0 radical (unpaired) electrons. The number of carbonyl (C=O) groups is 1. The van der Waals surface area contributed by atoms with Gasteiger partial charge in [-0.1, -0.05) is 29.8 Å². The van der Waals surface area contributed by atoms with Crippen LogP contribution in [-0.2, 0) is 17.8 Å². The fourth-order valence-electron chi connectivity index (χ4n) is 6.00. The summed E-state index contributed by atoms with van der Waals surface area (Å²) in [5.74, 6) is 0.801. The van der Waals surface area contributed by atoms with Crippen LogP contribution >= 0.6 is 11.6 Å². The molecular weight excluding hydrogens is 549 g/mol. The third-order valence-corrected chi connectivity index (χ3v) is 8.55. The minimum absolute atomic E-state index is 0.107. The number of fused-ring (bicyclic) bond motifs is 2. The topological polar surface area (TPSA) is 88.9 Å². The summed E-state index contributed by atoms with van der Waals surface area (Å²) >= 11 is 5.92. The van der Waals surface area contributed by atoms with E-state index >= 15 is 0 Å². The Hall–Kier alpha value is -3.66. The van der Waals surface area contributed by atoms with Crippen molar-refractivity contribution in [1.29, 1.82) is 0 Å². The van der Waals surface area contributed by atoms with E-state index in [2.05, 4.69) is 15.5 Å². The molecule has 0 bridgehead atoms.